The summed E-state index contributed by atoms with van der Waals surface area (Å²) in [7, 11) is 0. The van der Waals surface area contributed by atoms with Crippen LogP contribution in [0.2, 0.25) is 0 Å². The van der Waals surface area contributed by atoms with E-state index in [1.807, 2.05) is 36.4 Å². The van der Waals surface area contributed by atoms with Gasteiger partial charge in [0.15, 0.2) is 5.78 Å². The highest BCUT2D eigenvalue weighted by Crippen LogP contribution is 2.63. The Morgan fingerprint density at radius 2 is 1.83 bits per heavy atom. The number of epoxide rings is 1. The number of Topliss-reactive ketones (excluding diaryl/α,β-unsaturated/α-hetero) is 1. The van der Waals surface area contributed by atoms with Crippen molar-refractivity contribution in [3.8, 4) is 0 Å². The van der Waals surface area contributed by atoms with E-state index in [1.54, 1.807) is 13.0 Å². The van der Waals surface area contributed by atoms with Crippen LogP contribution in [-0.2, 0) is 30.3 Å². The quantitative estimate of drug-likeness (QED) is 0.382. The molecular formula is C28H35NO6. The summed E-state index contributed by atoms with van der Waals surface area (Å²) in [6.45, 7) is 7.37. The largest absolute Gasteiger partial charge is 0.448 e. The zero-order valence-corrected chi connectivity index (χ0v) is 20.8. The standard InChI is InChI=1S/C28H35NO6/c1-16-12-13-21(30)34-28-19(11-8-14-26(3,33)23(16)31)24-27(4,35-24)17(2)22(28)20(29-25(28)32)15-18-9-6-5-7-10-18/h5-11,16-17,19-20,22,24,33H,12-15H2,1-4H3,(H,29,32)/b11-8+/t16?,17-,19-,20-,22-,24-,26?,27+,28+/m0/s1. The van der Waals surface area contributed by atoms with Gasteiger partial charge in [0, 0.05) is 30.7 Å². The molecule has 2 N–H and O–H groups in total. The molecule has 1 saturated carbocycles. The predicted molar refractivity (Wildman–Crippen MR) is 128 cm³/mol. The molecule has 5 rings (SSSR count). The molecule has 3 heterocycles. The van der Waals surface area contributed by atoms with Gasteiger partial charge in [-0.25, -0.2) is 0 Å². The van der Waals surface area contributed by atoms with Crippen molar-refractivity contribution in [3.63, 3.8) is 0 Å². The van der Waals surface area contributed by atoms with Crippen LogP contribution in [0.25, 0.3) is 0 Å². The highest BCUT2D eigenvalue weighted by Gasteiger charge is 2.78. The van der Waals surface area contributed by atoms with Gasteiger partial charge in [0.2, 0.25) is 5.60 Å². The van der Waals surface area contributed by atoms with Crippen LogP contribution in [0.1, 0.15) is 52.5 Å². The van der Waals surface area contributed by atoms with Gasteiger partial charge in [0.25, 0.3) is 5.91 Å². The van der Waals surface area contributed by atoms with Crippen LogP contribution in [0.15, 0.2) is 42.5 Å². The minimum Gasteiger partial charge on any atom is -0.448 e. The van der Waals surface area contributed by atoms with Crippen molar-refractivity contribution in [2.24, 2.45) is 23.7 Å². The molecule has 3 fully saturated rings. The summed E-state index contributed by atoms with van der Waals surface area (Å²) in [5.41, 5.74) is -2.29. The minimum absolute atomic E-state index is 0.00168. The van der Waals surface area contributed by atoms with Crippen LogP contribution in [0.3, 0.4) is 0 Å². The van der Waals surface area contributed by atoms with Crippen molar-refractivity contribution in [1.29, 1.82) is 0 Å². The third kappa shape index (κ3) is 3.75. The average molecular weight is 482 g/mol. The first kappa shape index (κ1) is 24.2. The maximum absolute atomic E-state index is 13.8. The highest BCUT2D eigenvalue weighted by molar-refractivity contribution is 5.93. The molecule has 0 radical (unpaired) electrons. The molecule has 1 aliphatic carbocycles. The Labute approximate surface area is 206 Å². The lowest BCUT2D eigenvalue weighted by atomic mass is 9.59. The number of aliphatic hydroxyl groups is 1. The van der Waals surface area contributed by atoms with Crippen molar-refractivity contribution in [3.05, 3.63) is 48.0 Å². The number of hydrogen-bond donors (Lipinski definition) is 2. The molecule has 0 aromatic heterocycles. The summed E-state index contributed by atoms with van der Waals surface area (Å²) >= 11 is 0. The Bertz CT molecular complexity index is 1070. The van der Waals surface area contributed by atoms with Gasteiger partial charge in [-0.3, -0.25) is 14.4 Å². The highest BCUT2D eigenvalue weighted by atomic mass is 16.6. The average Bonchev–Trinajstić information content (AvgIpc) is 3.43. The first-order valence-corrected chi connectivity index (χ1v) is 12.7. The lowest BCUT2D eigenvalue weighted by Crippen LogP contribution is -2.61. The van der Waals surface area contributed by atoms with E-state index in [9.17, 15) is 19.5 Å². The number of carbonyl (C=O) groups excluding carboxylic acids is 3. The van der Waals surface area contributed by atoms with Crippen molar-refractivity contribution >= 4 is 17.7 Å². The fourth-order valence-electron chi connectivity index (χ4n) is 6.78. The number of esters is 1. The Kier molecular flexibility index (Phi) is 5.72. The maximum atomic E-state index is 13.8. The fraction of sp³-hybridized carbons (Fsp3) is 0.607. The van der Waals surface area contributed by atoms with E-state index in [2.05, 4.69) is 19.2 Å². The van der Waals surface area contributed by atoms with Crippen LogP contribution < -0.4 is 5.32 Å². The molecule has 2 unspecified atom stereocenters. The zero-order valence-electron chi connectivity index (χ0n) is 20.8. The predicted octanol–water partition coefficient (Wildman–Crippen LogP) is 2.75. The first-order chi connectivity index (χ1) is 16.5. The van der Waals surface area contributed by atoms with E-state index >= 15 is 0 Å². The molecule has 1 aromatic carbocycles. The van der Waals surface area contributed by atoms with Gasteiger partial charge in [0.05, 0.1) is 17.6 Å². The van der Waals surface area contributed by atoms with Gasteiger partial charge in [-0.1, -0.05) is 56.3 Å². The number of ketones is 1. The van der Waals surface area contributed by atoms with Crippen LogP contribution in [0, 0.1) is 23.7 Å². The summed E-state index contributed by atoms with van der Waals surface area (Å²) in [5.74, 6) is -2.42. The van der Waals surface area contributed by atoms with E-state index in [0.717, 1.165) is 5.56 Å². The van der Waals surface area contributed by atoms with Crippen LogP contribution >= 0.6 is 0 Å². The Morgan fingerprint density at radius 1 is 1.11 bits per heavy atom. The van der Waals surface area contributed by atoms with Crippen molar-refractivity contribution in [2.45, 2.75) is 82.3 Å². The second-order valence-corrected chi connectivity index (χ2v) is 11.3. The van der Waals surface area contributed by atoms with Gasteiger partial charge in [-0.15, -0.1) is 0 Å². The number of amides is 1. The van der Waals surface area contributed by atoms with Crippen LogP contribution in [0.4, 0.5) is 0 Å². The van der Waals surface area contributed by atoms with Crippen molar-refractivity contribution < 1.29 is 29.0 Å². The molecule has 7 heteroatoms. The molecule has 0 bridgehead atoms. The third-order valence-corrected chi connectivity index (χ3v) is 8.95. The zero-order chi connectivity index (χ0) is 25.2. The summed E-state index contributed by atoms with van der Waals surface area (Å²) < 4.78 is 12.4. The Morgan fingerprint density at radius 3 is 2.54 bits per heavy atom. The maximum Gasteiger partial charge on any atom is 0.306 e. The smallest absolute Gasteiger partial charge is 0.306 e. The van der Waals surface area contributed by atoms with E-state index in [4.69, 9.17) is 9.47 Å². The molecule has 188 valence electrons. The molecule has 3 aliphatic heterocycles. The minimum atomic E-state index is -1.55. The Balaban J connectivity index is 1.58. The van der Waals surface area contributed by atoms with Gasteiger partial charge >= 0.3 is 5.97 Å². The molecule has 1 aromatic rings. The summed E-state index contributed by atoms with van der Waals surface area (Å²) in [6, 6.07) is 9.76. The van der Waals surface area contributed by atoms with Crippen molar-refractivity contribution in [2.75, 3.05) is 0 Å². The topological polar surface area (TPSA) is 105 Å². The summed E-state index contributed by atoms with van der Waals surface area (Å²) in [4.78, 5) is 39.7. The monoisotopic (exact) mass is 481 g/mol. The van der Waals surface area contributed by atoms with E-state index < -0.39 is 34.6 Å². The molecule has 35 heavy (non-hydrogen) atoms. The second-order valence-electron chi connectivity index (χ2n) is 11.3. The van der Waals surface area contributed by atoms with E-state index in [0.29, 0.717) is 6.42 Å². The molecule has 2 saturated heterocycles. The first-order valence-electron chi connectivity index (χ1n) is 12.7. The molecule has 1 amide bonds. The van der Waals surface area contributed by atoms with Gasteiger partial charge in [0.1, 0.15) is 5.60 Å². The molecule has 4 aliphatic rings. The number of rotatable bonds is 2. The van der Waals surface area contributed by atoms with Gasteiger partial charge < -0.3 is 19.9 Å². The lowest BCUT2D eigenvalue weighted by Gasteiger charge is -2.46. The lowest BCUT2D eigenvalue weighted by molar-refractivity contribution is -0.182. The number of ether oxygens (including phenoxy) is 2. The Hall–Kier alpha value is -2.51. The third-order valence-electron chi connectivity index (χ3n) is 8.95. The number of fused-ring (bicyclic) bond motifs is 2. The number of carbonyl (C=O) groups is 3. The summed E-state index contributed by atoms with van der Waals surface area (Å²) in [6.07, 6.45) is 4.29. The normalized spacial score (nSPS) is 46.1. The number of benzene rings is 1. The molecular weight excluding hydrogens is 446 g/mol. The van der Waals surface area contributed by atoms with Crippen LogP contribution in [0.5, 0.6) is 0 Å². The summed E-state index contributed by atoms with van der Waals surface area (Å²) in [5, 5.41) is 14.0. The fourth-order valence-corrected chi connectivity index (χ4v) is 6.78. The van der Waals surface area contributed by atoms with Gasteiger partial charge in [-0.2, -0.15) is 0 Å². The van der Waals surface area contributed by atoms with Gasteiger partial charge in [-0.05, 0) is 38.2 Å². The molecule has 7 nitrogen and oxygen atoms in total. The van der Waals surface area contributed by atoms with E-state index in [-0.39, 0.29) is 54.9 Å². The number of nitrogens with one attached hydrogen (secondary N) is 1. The van der Waals surface area contributed by atoms with E-state index in [1.165, 1.54) is 6.92 Å². The molecule has 1 spiro atoms. The number of hydrogen-bond acceptors (Lipinski definition) is 6. The van der Waals surface area contributed by atoms with Crippen LogP contribution in [-0.4, -0.2) is 51.7 Å². The SMILES string of the molecule is CC1CCC(=O)O[C@@]23C(=O)N[C@@H](Cc4ccccc4)[C@@H]2[C@H](C)[C@@]2(C)O[C@H]2[C@@H]3/C=C/CC(C)(O)C1=O. The molecule has 9 atom stereocenters. The van der Waals surface area contributed by atoms with Crippen molar-refractivity contribution in [1.82, 2.24) is 5.32 Å². The second kappa shape index (κ2) is 8.27.